The third kappa shape index (κ3) is 4.70. The molecule has 2 N–H and O–H groups in total. The zero-order chi connectivity index (χ0) is 20.3. The van der Waals surface area contributed by atoms with Crippen LogP contribution >= 0.6 is 0 Å². The third-order valence-electron chi connectivity index (χ3n) is 5.29. The summed E-state index contributed by atoms with van der Waals surface area (Å²) >= 11 is 0. The number of phenolic OH excluding ortho intramolecular Hbond substituents is 2. The van der Waals surface area contributed by atoms with Gasteiger partial charge in [0.1, 0.15) is 11.5 Å². The maximum absolute atomic E-state index is 10.4. The van der Waals surface area contributed by atoms with E-state index in [1.807, 2.05) is 56.3 Å². The van der Waals surface area contributed by atoms with Crippen molar-refractivity contribution in [2.75, 3.05) is 0 Å². The normalized spacial score (nSPS) is 11.2. The highest BCUT2D eigenvalue weighted by atomic mass is 16.3. The Balaban J connectivity index is 1.91. The van der Waals surface area contributed by atoms with E-state index in [2.05, 4.69) is 23.7 Å². The predicted octanol–water partition coefficient (Wildman–Crippen LogP) is 4.93. The van der Waals surface area contributed by atoms with Gasteiger partial charge in [-0.15, -0.1) is 0 Å². The molecule has 0 radical (unpaired) electrons. The number of aromatic hydroxyl groups is 2. The summed E-state index contributed by atoms with van der Waals surface area (Å²) in [5.74, 6) is 0.608. The van der Waals surface area contributed by atoms with E-state index >= 15 is 0 Å². The second-order valence-electron chi connectivity index (χ2n) is 7.60. The van der Waals surface area contributed by atoms with Gasteiger partial charge in [-0.1, -0.05) is 18.2 Å². The molecule has 0 saturated carbocycles. The molecule has 0 amide bonds. The number of benzene rings is 2. The summed E-state index contributed by atoms with van der Waals surface area (Å²) < 4.78 is 0. The van der Waals surface area contributed by atoms with Gasteiger partial charge in [0.05, 0.1) is 5.69 Å². The number of pyridine rings is 1. The van der Waals surface area contributed by atoms with E-state index in [4.69, 9.17) is 0 Å². The van der Waals surface area contributed by atoms with Crippen LogP contribution < -0.4 is 0 Å². The first-order valence-electron chi connectivity index (χ1n) is 9.54. The Morgan fingerprint density at radius 3 is 1.68 bits per heavy atom. The minimum atomic E-state index is 0.304. The molecule has 0 saturated heterocycles. The van der Waals surface area contributed by atoms with Crippen LogP contribution in [0, 0.1) is 27.7 Å². The highest BCUT2D eigenvalue weighted by Crippen LogP contribution is 2.27. The lowest BCUT2D eigenvalue weighted by molar-refractivity contribution is 0.238. The number of hydrogen-bond acceptors (Lipinski definition) is 4. The van der Waals surface area contributed by atoms with Crippen LogP contribution in [0.25, 0.3) is 0 Å². The first-order chi connectivity index (χ1) is 13.3. The molecular weight excluding hydrogens is 348 g/mol. The van der Waals surface area contributed by atoms with E-state index in [1.54, 1.807) is 6.20 Å². The van der Waals surface area contributed by atoms with Crippen LogP contribution in [-0.4, -0.2) is 20.1 Å². The molecule has 1 aromatic heterocycles. The lowest BCUT2D eigenvalue weighted by atomic mass is 10.0. The molecule has 0 unspecified atom stereocenters. The van der Waals surface area contributed by atoms with Gasteiger partial charge in [-0.25, -0.2) is 0 Å². The molecule has 0 aliphatic carbocycles. The summed E-state index contributed by atoms with van der Waals surface area (Å²) in [7, 11) is 0. The van der Waals surface area contributed by atoms with Gasteiger partial charge in [0.15, 0.2) is 0 Å². The SMILES string of the molecule is Cc1cc(O)c(CN(Cc2ccccn2)Cc2cc(C)c(C)cc2O)cc1C. The van der Waals surface area contributed by atoms with Crippen LogP contribution in [0.1, 0.15) is 39.1 Å². The molecular formula is C24H28N2O2. The van der Waals surface area contributed by atoms with E-state index in [0.717, 1.165) is 39.1 Å². The Bertz CT molecular complexity index is 909. The molecule has 0 spiro atoms. The Morgan fingerprint density at radius 2 is 1.21 bits per heavy atom. The van der Waals surface area contributed by atoms with Gasteiger partial charge in [-0.05, 0) is 74.2 Å². The number of aromatic nitrogens is 1. The van der Waals surface area contributed by atoms with Gasteiger partial charge in [-0.2, -0.15) is 0 Å². The second kappa shape index (κ2) is 8.44. The fourth-order valence-electron chi connectivity index (χ4n) is 3.35. The highest BCUT2D eigenvalue weighted by molar-refractivity contribution is 5.42. The Morgan fingerprint density at radius 1 is 0.714 bits per heavy atom. The van der Waals surface area contributed by atoms with Crippen molar-refractivity contribution >= 4 is 0 Å². The summed E-state index contributed by atoms with van der Waals surface area (Å²) in [5, 5.41) is 20.9. The smallest absolute Gasteiger partial charge is 0.120 e. The van der Waals surface area contributed by atoms with Crippen molar-refractivity contribution in [1.82, 2.24) is 9.88 Å². The minimum absolute atomic E-state index is 0.304. The van der Waals surface area contributed by atoms with Gasteiger partial charge in [0.25, 0.3) is 0 Å². The molecule has 4 heteroatoms. The standard InChI is InChI=1S/C24H28N2O2/c1-16-9-20(23(27)11-18(16)3)13-26(15-22-7-5-6-8-25-22)14-21-10-17(2)19(4)12-24(21)28/h5-12,27-28H,13-15H2,1-4H3. The van der Waals surface area contributed by atoms with E-state index in [0.29, 0.717) is 31.1 Å². The largest absolute Gasteiger partial charge is 0.508 e. The van der Waals surface area contributed by atoms with E-state index in [-0.39, 0.29) is 0 Å². The molecule has 0 fully saturated rings. The Hall–Kier alpha value is -2.85. The molecule has 3 aromatic rings. The fraction of sp³-hybridized carbons (Fsp3) is 0.292. The van der Waals surface area contributed by atoms with Crippen molar-refractivity contribution in [3.8, 4) is 11.5 Å². The topological polar surface area (TPSA) is 56.6 Å². The number of rotatable bonds is 6. The van der Waals surface area contributed by atoms with Crippen molar-refractivity contribution in [3.05, 3.63) is 87.7 Å². The molecule has 4 nitrogen and oxygen atoms in total. The van der Waals surface area contributed by atoms with Gasteiger partial charge in [0.2, 0.25) is 0 Å². The van der Waals surface area contributed by atoms with Crippen LogP contribution in [0.3, 0.4) is 0 Å². The minimum Gasteiger partial charge on any atom is -0.508 e. The average Bonchev–Trinajstić information content (AvgIpc) is 2.65. The van der Waals surface area contributed by atoms with E-state index < -0.39 is 0 Å². The third-order valence-corrected chi connectivity index (χ3v) is 5.29. The summed E-state index contributed by atoms with van der Waals surface area (Å²) in [6, 6.07) is 13.6. The van der Waals surface area contributed by atoms with Gasteiger partial charge >= 0.3 is 0 Å². The van der Waals surface area contributed by atoms with Gasteiger partial charge in [-0.3, -0.25) is 9.88 Å². The van der Waals surface area contributed by atoms with Crippen molar-refractivity contribution in [2.45, 2.75) is 47.3 Å². The summed E-state index contributed by atoms with van der Waals surface area (Å²) in [4.78, 5) is 6.63. The summed E-state index contributed by atoms with van der Waals surface area (Å²) in [6.45, 7) is 9.85. The zero-order valence-electron chi connectivity index (χ0n) is 17.0. The fourth-order valence-corrected chi connectivity index (χ4v) is 3.35. The summed E-state index contributed by atoms with van der Waals surface area (Å²) in [6.07, 6.45) is 1.79. The first-order valence-corrected chi connectivity index (χ1v) is 9.54. The first kappa shape index (κ1) is 19.9. The monoisotopic (exact) mass is 376 g/mol. The van der Waals surface area contributed by atoms with Crippen LogP contribution in [0.4, 0.5) is 0 Å². The molecule has 0 atom stereocenters. The van der Waals surface area contributed by atoms with Crippen molar-refractivity contribution in [2.24, 2.45) is 0 Å². The van der Waals surface area contributed by atoms with Crippen LogP contribution in [-0.2, 0) is 19.6 Å². The highest BCUT2D eigenvalue weighted by Gasteiger charge is 2.15. The van der Waals surface area contributed by atoms with Gasteiger partial charge in [0, 0.05) is 37.0 Å². The lowest BCUT2D eigenvalue weighted by Crippen LogP contribution is -2.23. The molecule has 2 aromatic carbocycles. The number of hydrogen-bond donors (Lipinski definition) is 2. The lowest BCUT2D eigenvalue weighted by Gasteiger charge is -2.24. The van der Waals surface area contributed by atoms with Gasteiger partial charge < -0.3 is 10.2 Å². The molecule has 1 heterocycles. The van der Waals surface area contributed by atoms with Crippen LogP contribution in [0.15, 0.2) is 48.7 Å². The quantitative estimate of drug-likeness (QED) is 0.640. The molecule has 0 aliphatic heterocycles. The number of aryl methyl sites for hydroxylation is 4. The second-order valence-corrected chi connectivity index (χ2v) is 7.60. The number of phenols is 2. The zero-order valence-corrected chi connectivity index (χ0v) is 17.0. The molecule has 0 bridgehead atoms. The maximum atomic E-state index is 10.4. The molecule has 0 aliphatic rings. The van der Waals surface area contributed by atoms with E-state index in [9.17, 15) is 10.2 Å². The van der Waals surface area contributed by atoms with Crippen molar-refractivity contribution in [3.63, 3.8) is 0 Å². The Kier molecular flexibility index (Phi) is 6.00. The Labute approximate surface area is 167 Å². The van der Waals surface area contributed by atoms with Crippen LogP contribution in [0.5, 0.6) is 11.5 Å². The maximum Gasteiger partial charge on any atom is 0.120 e. The molecule has 3 rings (SSSR count). The van der Waals surface area contributed by atoms with E-state index in [1.165, 1.54) is 0 Å². The molecule has 28 heavy (non-hydrogen) atoms. The summed E-state index contributed by atoms with van der Waals surface area (Å²) in [5.41, 5.74) is 7.16. The predicted molar refractivity (Wildman–Crippen MR) is 112 cm³/mol. The van der Waals surface area contributed by atoms with Crippen LogP contribution in [0.2, 0.25) is 0 Å². The van der Waals surface area contributed by atoms with Crippen molar-refractivity contribution in [1.29, 1.82) is 0 Å². The molecule has 146 valence electrons. The van der Waals surface area contributed by atoms with Crippen molar-refractivity contribution < 1.29 is 10.2 Å². The number of nitrogens with zero attached hydrogens (tertiary/aromatic N) is 2. The average molecular weight is 377 g/mol.